The summed E-state index contributed by atoms with van der Waals surface area (Å²) in [6.07, 6.45) is 2.85. The van der Waals surface area contributed by atoms with Gasteiger partial charge in [-0.3, -0.25) is 8.98 Å². The number of aliphatic hydroxyl groups is 1. The van der Waals surface area contributed by atoms with Crippen LogP contribution in [-0.4, -0.2) is 56.9 Å². The first-order valence-corrected chi connectivity index (χ1v) is 12.0. The Labute approximate surface area is 179 Å². The number of hydrogen-bond donors (Lipinski definition) is 1. The Balaban J connectivity index is 1.94. The van der Waals surface area contributed by atoms with E-state index in [1.807, 2.05) is 6.92 Å². The number of ether oxygens (including phenoxy) is 2. The molecule has 1 aliphatic heterocycles. The maximum atomic E-state index is 12.7. The molecule has 30 heavy (non-hydrogen) atoms. The molecule has 7 nitrogen and oxygen atoms in total. The van der Waals surface area contributed by atoms with E-state index in [9.17, 15) is 18.3 Å². The highest BCUT2D eigenvalue weighted by atomic mass is 32.2. The van der Waals surface area contributed by atoms with Crippen molar-refractivity contribution in [2.45, 2.75) is 82.0 Å². The second-order valence-electron chi connectivity index (χ2n) is 8.08. The lowest BCUT2D eigenvalue weighted by molar-refractivity contribution is -0.164. The predicted octanol–water partition coefficient (Wildman–Crippen LogP) is 3.16. The number of hydrogen-bond acceptors (Lipinski definition) is 7. The van der Waals surface area contributed by atoms with E-state index >= 15 is 0 Å². The molecule has 0 radical (unpaired) electrons. The smallest absolute Gasteiger partial charge is 0.297 e. The predicted molar refractivity (Wildman–Crippen MR) is 113 cm³/mol. The molecule has 8 heteroatoms. The van der Waals surface area contributed by atoms with Crippen molar-refractivity contribution in [3.8, 4) is 0 Å². The molecule has 3 atom stereocenters. The van der Waals surface area contributed by atoms with E-state index in [1.165, 1.54) is 19.1 Å². The van der Waals surface area contributed by atoms with Gasteiger partial charge in [-0.2, -0.15) is 8.42 Å². The molecule has 1 N–H and O–H groups in total. The van der Waals surface area contributed by atoms with Crippen LogP contribution in [0.2, 0.25) is 0 Å². The largest absolute Gasteiger partial charge is 0.382 e. The van der Waals surface area contributed by atoms with Crippen molar-refractivity contribution in [2.75, 3.05) is 19.8 Å². The summed E-state index contributed by atoms with van der Waals surface area (Å²) in [4.78, 5) is 12.7. The highest BCUT2D eigenvalue weighted by Gasteiger charge is 2.36. The minimum atomic E-state index is -3.94. The highest BCUT2D eigenvalue weighted by molar-refractivity contribution is 7.86. The van der Waals surface area contributed by atoms with E-state index in [0.717, 1.165) is 31.2 Å². The lowest BCUT2D eigenvalue weighted by atomic mass is 9.89. The van der Waals surface area contributed by atoms with Gasteiger partial charge in [0.05, 0.1) is 30.8 Å². The molecule has 3 unspecified atom stereocenters. The van der Waals surface area contributed by atoms with Crippen molar-refractivity contribution in [1.29, 1.82) is 0 Å². The highest BCUT2D eigenvalue weighted by Crippen LogP contribution is 2.23. The number of Topliss-reactive ketones (excluding diaryl/α,β-unsaturated/α-hetero) is 1. The van der Waals surface area contributed by atoms with Crippen LogP contribution in [0.5, 0.6) is 0 Å². The van der Waals surface area contributed by atoms with Crippen LogP contribution >= 0.6 is 0 Å². The van der Waals surface area contributed by atoms with Crippen molar-refractivity contribution >= 4 is 15.9 Å². The van der Waals surface area contributed by atoms with Crippen LogP contribution < -0.4 is 0 Å². The second-order valence-corrected chi connectivity index (χ2v) is 9.70. The first-order chi connectivity index (χ1) is 14.2. The van der Waals surface area contributed by atoms with Crippen LogP contribution in [0, 0.1) is 6.92 Å². The zero-order valence-corrected chi connectivity index (χ0v) is 18.9. The molecule has 1 heterocycles. The van der Waals surface area contributed by atoms with Crippen LogP contribution in [0.4, 0.5) is 0 Å². The van der Waals surface area contributed by atoms with Crippen molar-refractivity contribution in [2.24, 2.45) is 0 Å². The molecule has 0 aliphatic carbocycles. The van der Waals surface area contributed by atoms with Gasteiger partial charge in [0.25, 0.3) is 10.1 Å². The number of rotatable bonds is 12. The van der Waals surface area contributed by atoms with Crippen LogP contribution in [0.15, 0.2) is 29.2 Å². The van der Waals surface area contributed by atoms with Crippen LogP contribution in [-0.2, 0) is 28.6 Å². The Morgan fingerprint density at radius 1 is 1.13 bits per heavy atom. The molecule has 0 bridgehead atoms. The molecule has 1 aromatic carbocycles. The van der Waals surface area contributed by atoms with E-state index < -0.39 is 27.9 Å². The maximum absolute atomic E-state index is 12.7. The zero-order chi connectivity index (χ0) is 22.2. The zero-order valence-electron chi connectivity index (χ0n) is 18.1. The van der Waals surface area contributed by atoms with Crippen LogP contribution in [0.25, 0.3) is 0 Å². The average molecular weight is 443 g/mol. The molecule has 0 amide bonds. The first-order valence-electron chi connectivity index (χ1n) is 10.6. The molecule has 1 aliphatic rings. The number of carbonyl (C=O) groups is 1. The Morgan fingerprint density at radius 2 is 1.77 bits per heavy atom. The second kappa shape index (κ2) is 11.3. The summed E-state index contributed by atoms with van der Waals surface area (Å²) in [5.41, 5.74) is -0.494. The lowest BCUT2D eigenvalue weighted by Crippen LogP contribution is -2.46. The van der Waals surface area contributed by atoms with Crippen molar-refractivity contribution in [3.63, 3.8) is 0 Å². The summed E-state index contributed by atoms with van der Waals surface area (Å²) < 4.78 is 41.3. The van der Waals surface area contributed by atoms with Gasteiger partial charge in [-0.25, -0.2) is 0 Å². The summed E-state index contributed by atoms with van der Waals surface area (Å²) in [6, 6.07) is 6.36. The number of ketones is 1. The van der Waals surface area contributed by atoms with E-state index in [-0.39, 0.29) is 30.3 Å². The fourth-order valence-electron chi connectivity index (χ4n) is 3.33. The molecular formula is C22H34O7S. The van der Waals surface area contributed by atoms with Gasteiger partial charge in [-0.1, -0.05) is 50.3 Å². The maximum Gasteiger partial charge on any atom is 0.297 e. The van der Waals surface area contributed by atoms with E-state index in [2.05, 4.69) is 6.92 Å². The third-order valence-corrected chi connectivity index (χ3v) is 6.66. The van der Waals surface area contributed by atoms with Gasteiger partial charge in [0.2, 0.25) is 0 Å². The van der Waals surface area contributed by atoms with E-state index in [0.29, 0.717) is 13.0 Å². The Kier molecular flexibility index (Phi) is 9.43. The Morgan fingerprint density at radius 3 is 2.40 bits per heavy atom. The fraction of sp³-hybridized carbons (Fsp3) is 0.682. The average Bonchev–Trinajstić information content (AvgIpc) is 2.71. The summed E-state index contributed by atoms with van der Waals surface area (Å²) in [6.45, 7) is 5.83. The number of unbranched alkanes of at least 4 members (excludes halogenated alkanes) is 3. The van der Waals surface area contributed by atoms with Crippen molar-refractivity contribution in [3.05, 3.63) is 29.8 Å². The molecule has 1 saturated heterocycles. The van der Waals surface area contributed by atoms with Crippen molar-refractivity contribution in [1.82, 2.24) is 0 Å². The fourth-order valence-corrected chi connectivity index (χ4v) is 4.25. The lowest BCUT2D eigenvalue weighted by Gasteiger charge is -2.33. The summed E-state index contributed by atoms with van der Waals surface area (Å²) >= 11 is 0. The van der Waals surface area contributed by atoms with Gasteiger partial charge in [0.15, 0.2) is 5.78 Å². The summed E-state index contributed by atoms with van der Waals surface area (Å²) in [5, 5.41) is 10.6. The summed E-state index contributed by atoms with van der Waals surface area (Å²) in [5.74, 6) is -0.333. The summed E-state index contributed by atoms with van der Waals surface area (Å²) in [7, 11) is -3.94. The van der Waals surface area contributed by atoms with Crippen LogP contribution in [0.1, 0.15) is 57.9 Å². The van der Waals surface area contributed by atoms with Gasteiger partial charge in [0.1, 0.15) is 11.7 Å². The van der Waals surface area contributed by atoms with Crippen LogP contribution in [0.3, 0.4) is 0 Å². The standard InChI is InChI=1S/C22H34O7S/c1-4-5-6-7-12-22(3,24)21(23)15-19-20(28-14-13-27-19)16-29-30(25,26)18-10-8-17(2)9-11-18/h8-11,19-20,24H,4-7,12-16H2,1-3H3. The van der Waals surface area contributed by atoms with Gasteiger partial charge in [0, 0.05) is 6.42 Å². The van der Waals surface area contributed by atoms with E-state index in [4.69, 9.17) is 13.7 Å². The van der Waals surface area contributed by atoms with Gasteiger partial charge in [-0.15, -0.1) is 0 Å². The normalized spacial score (nSPS) is 21.9. The topological polar surface area (TPSA) is 99.1 Å². The molecule has 1 aromatic rings. The Bertz CT molecular complexity index is 771. The first kappa shape index (κ1) is 24.9. The molecule has 0 spiro atoms. The van der Waals surface area contributed by atoms with Gasteiger partial charge < -0.3 is 14.6 Å². The molecule has 170 valence electrons. The van der Waals surface area contributed by atoms with E-state index in [1.54, 1.807) is 12.1 Å². The number of aryl methyl sites for hydroxylation is 1. The number of carbonyl (C=O) groups excluding carboxylic acids is 1. The Hall–Kier alpha value is -1.32. The van der Waals surface area contributed by atoms with Crippen molar-refractivity contribution < 1.29 is 32.0 Å². The molecule has 2 rings (SSSR count). The number of benzene rings is 1. The molecule has 1 fully saturated rings. The minimum Gasteiger partial charge on any atom is -0.382 e. The monoisotopic (exact) mass is 442 g/mol. The molecular weight excluding hydrogens is 408 g/mol. The molecule has 0 saturated carbocycles. The SMILES string of the molecule is CCCCCCC(C)(O)C(=O)CC1OCCOC1COS(=O)(=O)c1ccc(C)cc1. The third kappa shape index (κ3) is 7.42. The molecule has 0 aromatic heterocycles. The van der Waals surface area contributed by atoms with Gasteiger partial charge >= 0.3 is 0 Å². The minimum absolute atomic E-state index is 0.0562. The van der Waals surface area contributed by atoms with Gasteiger partial charge in [-0.05, 0) is 32.4 Å². The quantitative estimate of drug-likeness (QED) is 0.392. The third-order valence-electron chi connectivity index (χ3n) is 5.36.